The minimum absolute atomic E-state index is 0.257. The zero-order chi connectivity index (χ0) is 70.8. The van der Waals surface area contributed by atoms with Gasteiger partial charge < -0.3 is 65.1 Å². The Bertz CT molecular complexity index is 2070. The van der Waals surface area contributed by atoms with E-state index in [0.717, 1.165) is 89.9 Å². The van der Waals surface area contributed by atoms with Gasteiger partial charge >= 0.3 is 0 Å². The molecule has 12 unspecified atom stereocenters. The summed E-state index contributed by atoms with van der Waals surface area (Å²) in [5, 5.41) is 87.6. The van der Waals surface area contributed by atoms with Gasteiger partial charge in [0, 0.05) is 6.42 Å². The molecule has 2 saturated heterocycles. The highest BCUT2D eigenvalue weighted by Gasteiger charge is 2.51. The highest BCUT2D eigenvalue weighted by Crippen LogP contribution is 2.30. The molecule has 1 amide bonds. The van der Waals surface area contributed by atoms with Crippen LogP contribution in [0.15, 0.2) is 109 Å². The summed E-state index contributed by atoms with van der Waals surface area (Å²) >= 11 is 0. The SMILES string of the molecule is CC/C=C\C/C=C\C/C=C\C/C=C\C/C=C\C/C=C\CCCCCCCCCCCCCCC(=O)NC(COC1OC(CO)C(OC2OC(CO)C(O)C(O)C2O)C(O)C1O)C(O)/C=C/CC/C=C/CC/C=C/CCCCCCCCCCCCCCCCCCCCCCCCC. The summed E-state index contributed by atoms with van der Waals surface area (Å²) < 4.78 is 22.9. The highest BCUT2D eigenvalue weighted by molar-refractivity contribution is 5.76. The zero-order valence-electron chi connectivity index (χ0n) is 62.0. The minimum atomic E-state index is -1.80. The van der Waals surface area contributed by atoms with Crippen LogP contribution in [-0.4, -0.2) is 140 Å². The fourth-order valence-electron chi connectivity index (χ4n) is 12.6. The fourth-order valence-corrected chi connectivity index (χ4v) is 12.6. The quantitative estimate of drug-likeness (QED) is 0.0204. The average Bonchev–Trinajstić information content (AvgIpc) is 0.793. The van der Waals surface area contributed by atoms with Crippen LogP contribution in [0.25, 0.3) is 0 Å². The number of rotatable bonds is 66. The van der Waals surface area contributed by atoms with E-state index in [9.17, 15) is 45.6 Å². The Kier molecular flexibility index (Phi) is 61.9. The molecule has 2 heterocycles. The topological polar surface area (TPSA) is 228 Å². The van der Waals surface area contributed by atoms with Crippen molar-refractivity contribution in [1.82, 2.24) is 5.32 Å². The van der Waals surface area contributed by atoms with Crippen LogP contribution in [0.1, 0.15) is 322 Å². The first-order valence-corrected chi connectivity index (χ1v) is 40.1. The van der Waals surface area contributed by atoms with Gasteiger partial charge in [-0.25, -0.2) is 0 Å². The van der Waals surface area contributed by atoms with Crippen molar-refractivity contribution < 1.29 is 64.6 Å². The van der Waals surface area contributed by atoms with Crippen LogP contribution in [0, 0.1) is 0 Å². The molecule has 0 radical (unpaired) electrons. The zero-order valence-corrected chi connectivity index (χ0v) is 62.0. The van der Waals surface area contributed by atoms with Crippen molar-refractivity contribution in [2.45, 2.75) is 396 Å². The Hall–Kier alpha value is -3.35. The smallest absolute Gasteiger partial charge is 0.220 e. The molecule has 0 spiro atoms. The standard InChI is InChI=1S/C84H147NO13/c1-3-5-7-9-11-13-15-17-19-21-23-25-27-29-31-33-35-36-38-39-41-43-45-47-49-51-53-55-57-59-61-63-65-67-73(88)72(71-95-83-81(94)79(92)82(75(70-87)97-83)98-84-80(93)78(91)77(90)74(69-86)96-84)85-76(89)68-66-64-62-60-58-56-54-52-50-48-46-44-42-40-37-34-32-30-28-26-24-22-20-18-16-14-12-10-8-6-4-2/h6,8,12,14,18,20,24,26,30,32,37,40,49,51,57,59,65,67,72-75,77-84,86-88,90-94H,3-5,7,9-11,13,15-17,19,21-23,25,27-29,31,33-36,38-39,41-48,50,52-56,58,60-64,66,68-71H2,1-2H3,(H,85,89)/b8-6-,14-12-,20-18-,26-24-,32-30-,40-37-,51-49+,59-57+,67-65+. The molecular formula is C84H147NO13. The third-order valence-corrected chi connectivity index (χ3v) is 18.9. The molecule has 2 aliphatic rings. The van der Waals surface area contributed by atoms with Crippen LogP contribution in [0.3, 0.4) is 0 Å². The van der Waals surface area contributed by atoms with E-state index >= 15 is 0 Å². The third-order valence-electron chi connectivity index (χ3n) is 18.9. The van der Waals surface area contributed by atoms with Crippen LogP contribution in [0.2, 0.25) is 0 Å². The molecule has 14 heteroatoms. The Labute approximate surface area is 597 Å². The lowest BCUT2D eigenvalue weighted by molar-refractivity contribution is -0.359. The Morgan fingerprint density at radius 3 is 1.12 bits per heavy atom. The van der Waals surface area contributed by atoms with E-state index in [0.29, 0.717) is 12.8 Å². The largest absolute Gasteiger partial charge is 0.394 e. The number of allylic oxidation sites excluding steroid dienone is 17. The second kappa shape index (κ2) is 66.9. The van der Waals surface area contributed by atoms with E-state index in [2.05, 4.69) is 116 Å². The van der Waals surface area contributed by atoms with Crippen molar-refractivity contribution in [1.29, 1.82) is 0 Å². The number of aliphatic hydroxyl groups is 8. The van der Waals surface area contributed by atoms with Gasteiger partial charge in [-0.15, -0.1) is 0 Å². The minimum Gasteiger partial charge on any atom is -0.394 e. The second-order valence-corrected chi connectivity index (χ2v) is 27.8. The van der Waals surface area contributed by atoms with Gasteiger partial charge in [-0.2, -0.15) is 0 Å². The van der Waals surface area contributed by atoms with E-state index in [1.807, 2.05) is 6.08 Å². The van der Waals surface area contributed by atoms with Crippen molar-refractivity contribution in [3.63, 3.8) is 0 Å². The molecule has 9 N–H and O–H groups in total. The van der Waals surface area contributed by atoms with Gasteiger partial charge in [0.05, 0.1) is 32.0 Å². The molecule has 0 aliphatic carbocycles. The molecule has 0 aromatic carbocycles. The average molecular weight is 1380 g/mol. The monoisotopic (exact) mass is 1380 g/mol. The number of nitrogens with one attached hydrogen (secondary N) is 1. The van der Waals surface area contributed by atoms with E-state index < -0.39 is 86.8 Å². The number of hydrogen-bond acceptors (Lipinski definition) is 13. The van der Waals surface area contributed by atoms with Gasteiger partial charge in [-0.3, -0.25) is 4.79 Å². The Balaban J connectivity index is 1.65. The van der Waals surface area contributed by atoms with Crippen molar-refractivity contribution in [2.24, 2.45) is 0 Å². The lowest BCUT2D eigenvalue weighted by atomic mass is 9.97. The summed E-state index contributed by atoms with van der Waals surface area (Å²) in [7, 11) is 0. The van der Waals surface area contributed by atoms with Crippen molar-refractivity contribution in [3.05, 3.63) is 109 Å². The molecule has 0 aromatic heterocycles. The van der Waals surface area contributed by atoms with Crippen LogP contribution in [0.5, 0.6) is 0 Å². The third kappa shape index (κ3) is 49.3. The number of unbranched alkanes of at least 4 members (excludes halogenated alkanes) is 37. The molecule has 0 bridgehead atoms. The molecular weight excluding hydrogens is 1230 g/mol. The van der Waals surface area contributed by atoms with E-state index in [-0.39, 0.29) is 18.9 Å². The number of ether oxygens (including phenoxy) is 4. The van der Waals surface area contributed by atoms with Crippen molar-refractivity contribution in [3.8, 4) is 0 Å². The maximum absolute atomic E-state index is 13.4. The molecule has 2 rings (SSSR count). The first-order valence-electron chi connectivity index (χ1n) is 40.1. The van der Waals surface area contributed by atoms with Gasteiger partial charge in [-0.05, 0) is 96.3 Å². The first kappa shape index (κ1) is 90.7. The van der Waals surface area contributed by atoms with Crippen LogP contribution < -0.4 is 5.32 Å². The van der Waals surface area contributed by atoms with Gasteiger partial charge in [0.25, 0.3) is 0 Å². The maximum Gasteiger partial charge on any atom is 0.220 e. The molecule has 0 aromatic rings. The summed E-state index contributed by atoms with van der Waals surface area (Å²) in [5.41, 5.74) is 0. The van der Waals surface area contributed by atoms with Gasteiger partial charge in [0.2, 0.25) is 5.91 Å². The lowest BCUT2D eigenvalue weighted by Gasteiger charge is -2.46. The van der Waals surface area contributed by atoms with Crippen LogP contribution >= 0.6 is 0 Å². The molecule has 2 aliphatic heterocycles. The number of hydrogen-bond donors (Lipinski definition) is 9. The maximum atomic E-state index is 13.4. The summed E-state index contributed by atoms with van der Waals surface area (Å²) in [5.74, 6) is -0.257. The summed E-state index contributed by atoms with van der Waals surface area (Å²) in [6.07, 6.45) is 80.3. The predicted octanol–water partition coefficient (Wildman–Crippen LogP) is 18.2. The normalized spacial score (nSPS) is 22.6. The van der Waals surface area contributed by atoms with Crippen molar-refractivity contribution >= 4 is 5.91 Å². The number of carbonyl (C=O) groups is 1. The molecule has 2 fully saturated rings. The fraction of sp³-hybridized carbons (Fsp3) is 0.774. The summed E-state index contributed by atoms with van der Waals surface area (Å²) in [4.78, 5) is 13.4. The second-order valence-electron chi connectivity index (χ2n) is 27.8. The van der Waals surface area contributed by atoms with Gasteiger partial charge in [0.1, 0.15) is 48.8 Å². The highest BCUT2D eigenvalue weighted by atomic mass is 16.7. The summed E-state index contributed by atoms with van der Waals surface area (Å²) in [6, 6.07) is -0.949. The van der Waals surface area contributed by atoms with Crippen LogP contribution in [0.4, 0.5) is 0 Å². The van der Waals surface area contributed by atoms with E-state index in [1.54, 1.807) is 6.08 Å². The molecule has 12 atom stereocenters. The lowest BCUT2D eigenvalue weighted by Crippen LogP contribution is -2.65. The number of aliphatic hydroxyl groups excluding tert-OH is 8. The molecule has 0 saturated carbocycles. The Morgan fingerprint density at radius 1 is 0.378 bits per heavy atom. The van der Waals surface area contributed by atoms with Gasteiger partial charge in [0.15, 0.2) is 12.6 Å². The van der Waals surface area contributed by atoms with Crippen molar-refractivity contribution in [2.75, 3.05) is 19.8 Å². The molecule has 98 heavy (non-hydrogen) atoms. The Morgan fingerprint density at radius 2 is 0.714 bits per heavy atom. The number of carbonyl (C=O) groups excluding carboxylic acids is 1. The van der Waals surface area contributed by atoms with Gasteiger partial charge in [-0.1, -0.05) is 329 Å². The molecule has 566 valence electrons. The number of amides is 1. The van der Waals surface area contributed by atoms with E-state index in [4.69, 9.17) is 18.9 Å². The molecule has 14 nitrogen and oxygen atoms in total. The summed E-state index contributed by atoms with van der Waals surface area (Å²) in [6.45, 7) is 2.69. The van der Waals surface area contributed by atoms with E-state index in [1.165, 1.54) is 199 Å². The van der Waals surface area contributed by atoms with Crippen LogP contribution in [-0.2, 0) is 23.7 Å². The predicted molar refractivity (Wildman–Crippen MR) is 406 cm³/mol. The first-order chi connectivity index (χ1) is 48.1.